The van der Waals surface area contributed by atoms with Crippen LogP contribution in [0.1, 0.15) is 24.0 Å². The molecule has 1 amide bonds. The van der Waals surface area contributed by atoms with Gasteiger partial charge in [0.25, 0.3) is 5.91 Å². The van der Waals surface area contributed by atoms with Crippen LogP contribution in [0.15, 0.2) is 119 Å². The number of carbonyl (C=O) groups excluding carboxylic acids is 2. The van der Waals surface area contributed by atoms with Gasteiger partial charge in [-0.15, -0.1) is 0 Å². The van der Waals surface area contributed by atoms with Crippen molar-refractivity contribution in [3.63, 3.8) is 0 Å². The minimum Gasteiger partial charge on any atom is -0.378 e. The van der Waals surface area contributed by atoms with Gasteiger partial charge in [0, 0.05) is 18.4 Å². The molecule has 0 aromatic heterocycles. The summed E-state index contributed by atoms with van der Waals surface area (Å²) in [5.74, 6) is 0.175. The molecule has 1 unspecified atom stereocenters. The lowest BCUT2D eigenvalue weighted by atomic mass is 9.94. The molecule has 3 aromatic carbocycles. The number of piperidine rings is 1. The molecule has 5 nitrogen and oxygen atoms in total. The summed E-state index contributed by atoms with van der Waals surface area (Å²) in [5.41, 5.74) is 6.16. The zero-order chi connectivity index (χ0) is 25.6. The van der Waals surface area contributed by atoms with Crippen LogP contribution in [0.2, 0.25) is 0 Å². The SMILES string of the molecule is O=C(CCc1ccccc1)Cc1ccc(-c2cccc(N=C3NC(=O)C(O)C4=CCC=CC=C43)c2)cc1. The fourth-order valence-electron chi connectivity index (χ4n) is 4.54. The van der Waals surface area contributed by atoms with E-state index in [-0.39, 0.29) is 5.78 Å². The molecule has 1 fully saturated rings. The number of carbonyl (C=O) groups is 2. The van der Waals surface area contributed by atoms with E-state index >= 15 is 0 Å². The summed E-state index contributed by atoms with van der Waals surface area (Å²) in [7, 11) is 0. The Kier molecular flexibility index (Phi) is 7.33. The van der Waals surface area contributed by atoms with Crippen molar-refractivity contribution < 1.29 is 14.7 Å². The highest BCUT2D eigenvalue weighted by molar-refractivity contribution is 6.17. The van der Waals surface area contributed by atoms with Crippen LogP contribution in [-0.2, 0) is 22.4 Å². The minimum absolute atomic E-state index is 0.227. The zero-order valence-corrected chi connectivity index (χ0v) is 20.4. The van der Waals surface area contributed by atoms with Gasteiger partial charge in [-0.05, 0) is 52.8 Å². The quantitative estimate of drug-likeness (QED) is 0.465. The summed E-state index contributed by atoms with van der Waals surface area (Å²) in [6.07, 6.45) is 8.77. The van der Waals surface area contributed by atoms with Crippen LogP contribution in [0.4, 0.5) is 5.69 Å². The van der Waals surface area contributed by atoms with Gasteiger partial charge in [0.1, 0.15) is 11.6 Å². The molecule has 1 aliphatic heterocycles. The third-order valence-corrected chi connectivity index (χ3v) is 6.53. The third kappa shape index (κ3) is 5.90. The fraction of sp³-hybridized carbons (Fsp3) is 0.156. The Labute approximate surface area is 216 Å². The van der Waals surface area contributed by atoms with Gasteiger partial charge in [-0.3, -0.25) is 9.59 Å². The summed E-state index contributed by atoms with van der Waals surface area (Å²) >= 11 is 0. The van der Waals surface area contributed by atoms with Crippen molar-refractivity contribution in [2.45, 2.75) is 31.8 Å². The van der Waals surface area contributed by atoms with Gasteiger partial charge in [-0.2, -0.15) is 0 Å². The highest BCUT2D eigenvalue weighted by Crippen LogP contribution is 2.28. The van der Waals surface area contributed by atoms with E-state index < -0.39 is 12.0 Å². The smallest absolute Gasteiger partial charge is 0.259 e. The highest BCUT2D eigenvalue weighted by Gasteiger charge is 2.32. The maximum atomic E-state index is 12.5. The molecule has 5 heteroatoms. The Morgan fingerprint density at radius 3 is 2.57 bits per heavy atom. The molecular formula is C32H28N2O3. The molecule has 0 bridgehead atoms. The molecule has 1 heterocycles. The number of ketones is 1. The van der Waals surface area contributed by atoms with Crippen molar-refractivity contribution in [1.29, 1.82) is 0 Å². The molecule has 2 aliphatic rings. The lowest BCUT2D eigenvalue weighted by Gasteiger charge is -2.25. The topological polar surface area (TPSA) is 78.8 Å². The van der Waals surface area contributed by atoms with Gasteiger partial charge in [-0.1, -0.05) is 91.0 Å². The maximum absolute atomic E-state index is 12.5. The van der Waals surface area contributed by atoms with Crippen molar-refractivity contribution in [1.82, 2.24) is 5.32 Å². The van der Waals surface area contributed by atoms with Crippen LogP contribution < -0.4 is 5.32 Å². The average molecular weight is 489 g/mol. The van der Waals surface area contributed by atoms with Crippen molar-refractivity contribution in [2.24, 2.45) is 4.99 Å². The summed E-state index contributed by atoms with van der Waals surface area (Å²) in [4.78, 5) is 29.5. The number of Topliss-reactive ketones (excluding diaryl/α,β-unsaturated/α-hetero) is 1. The van der Waals surface area contributed by atoms with E-state index in [0.717, 1.165) is 23.1 Å². The average Bonchev–Trinajstić information content (AvgIpc) is 3.18. The van der Waals surface area contributed by atoms with E-state index in [4.69, 9.17) is 4.99 Å². The molecule has 0 radical (unpaired) electrons. The Morgan fingerprint density at radius 2 is 1.76 bits per heavy atom. The standard InChI is InChI=1S/C32H28N2O3/c35-27(19-16-22-8-3-1-4-9-22)20-23-14-17-24(18-15-23)25-10-7-11-26(21-25)33-31-29-13-6-2-5-12-28(29)30(36)32(37)34-31/h1-4,6-15,17-18,21,30,36H,5,16,19-20H2,(H,33,34,37). The van der Waals surface area contributed by atoms with Crippen LogP contribution in [0, 0.1) is 0 Å². The second-order valence-corrected chi connectivity index (χ2v) is 9.20. The van der Waals surface area contributed by atoms with Crippen molar-refractivity contribution >= 4 is 23.2 Å². The van der Waals surface area contributed by atoms with Gasteiger partial charge in [0.05, 0.1) is 5.69 Å². The number of rotatable bonds is 7. The number of allylic oxidation sites excluding steroid dienone is 4. The lowest BCUT2D eigenvalue weighted by Crippen LogP contribution is -2.46. The molecule has 1 atom stereocenters. The summed E-state index contributed by atoms with van der Waals surface area (Å²) in [6.45, 7) is 0. The van der Waals surface area contributed by atoms with E-state index in [9.17, 15) is 14.7 Å². The lowest BCUT2D eigenvalue weighted by molar-refractivity contribution is -0.126. The van der Waals surface area contributed by atoms with Gasteiger partial charge in [0.15, 0.2) is 6.10 Å². The third-order valence-electron chi connectivity index (χ3n) is 6.53. The molecule has 1 aliphatic carbocycles. The van der Waals surface area contributed by atoms with Crippen molar-refractivity contribution in [3.05, 3.63) is 125 Å². The predicted molar refractivity (Wildman–Crippen MR) is 147 cm³/mol. The summed E-state index contributed by atoms with van der Waals surface area (Å²) < 4.78 is 0. The monoisotopic (exact) mass is 488 g/mol. The Hall–Kier alpha value is -4.35. The number of amidine groups is 1. The number of aryl methyl sites for hydroxylation is 1. The zero-order valence-electron chi connectivity index (χ0n) is 20.4. The molecule has 1 saturated heterocycles. The molecule has 2 N–H and O–H groups in total. The van der Waals surface area contributed by atoms with E-state index in [1.54, 1.807) is 0 Å². The number of aliphatic hydroxyl groups excluding tert-OH is 1. The van der Waals surface area contributed by atoms with E-state index in [0.29, 0.717) is 41.9 Å². The molecular weight excluding hydrogens is 460 g/mol. The first-order valence-electron chi connectivity index (χ1n) is 12.5. The van der Waals surface area contributed by atoms with Crippen LogP contribution in [0.25, 0.3) is 11.1 Å². The van der Waals surface area contributed by atoms with Crippen molar-refractivity contribution in [2.75, 3.05) is 0 Å². The van der Waals surface area contributed by atoms with E-state index in [1.165, 1.54) is 5.56 Å². The number of aliphatic hydroxyl groups is 1. The van der Waals surface area contributed by atoms with E-state index in [2.05, 4.69) is 5.32 Å². The first kappa shape index (κ1) is 24.3. The van der Waals surface area contributed by atoms with Gasteiger partial charge >= 0.3 is 0 Å². The highest BCUT2D eigenvalue weighted by atomic mass is 16.3. The maximum Gasteiger partial charge on any atom is 0.259 e. The molecule has 184 valence electrons. The Bertz CT molecular complexity index is 1430. The van der Waals surface area contributed by atoms with Crippen LogP contribution in [-0.4, -0.2) is 28.7 Å². The molecule has 3 aromatic rings. The van der Waals surface area contributed by atoms with Gasteiger partial charge < -0.3 is 10.4 Å². The van der Waals surface area contributed by atoms with Crippen LogP contribution in [0.3, 0.4) is 0 Å². The summed E-state index contributed by atoms with van der Waals surface area (Å²) in [6, 6.07) is 25.9. The van der Waals surface area contributed by atoms with Crippen LogP contribution >= 0.6 is 0 Å². The predicted octanol–water partition coefficient (Wildman–Crippen LogP) is 5.43. The molecule has 0 spiro atoms. The number of nitrogens with zero attached hydrogens (tertiary/aromatic N) is 1. The molecule has 37 heavy (non-hydrogen) atoms. The Morgan fingerprint density at radius 1 is 0.946 bits per heavy atom. The largest absolute Gasteiger partial charge is 0.378 e. The van der Waals surface area contributed by atoms with E-state index in [1.807, 2.05) is 103 Å². The number of benzene rings is 3. The second-order valence-electron chi connectivity index (χ2n) is 9.20. The number of fused-ring (bicyclic) bond motifs is 1. The number of hydrogen-bond donors (Lipinski definition) is 2. The Balaban J connectivity index is 1.29. The number of aliphatic imine (C=N–C) groups is 1. The van der Waals surface area contributed by atoms with Gasteiger partial charge in [-0.25, -0.2) is 4.99 Å². The summed E-state index contributed by atoms with van der Waals surface area (Å²) in [5, 5.41) is 13.0. The fourth-order valence-corrected chi connectivity index (χ4v) is 4.54. The first-order chi connectivity index (χ1) is 18.1. The normalized spacial score (nSPS) is 17.9. The number of nitrogens with one attached hydrogen (secondary N) is 1. The van der Waals surface area contributed by atoms with Gasteiger partial charge in [0.2, 0.25) is 0 Å². The first-order valence-corrected chi connectivity index (χ1v) is 12.5. The molecule has 5 rings (SSSR count). The second kappa shape index (κ2) is 11.1. The van der Waals surface area contributed by atoms with Crippen LogP contribution in [0.5, 0.6) is 0 Å². The number of amides is 1. The minimum atomic E-state index is -1.19. The molecule has 0 saturated carbocycles. The van der Waals surface area contributed by atoms with Crippen molar-refractivity contribution in [3.8, 4) is 11.1 Å². The number of hydrogen-bond acceptors (Lipinski definition) is 4.